The second-order valence-corrected chi connectivity index (χ2v) is 5.53. The van der Waals surface area contributed by atoms with E-state index in [1.807, 2.05) is 0 Å². The third-order valence-corrected chi connectivity index (χ3v) is 4.15. The summed E-state index contributed by atoms with van der Waals surface area (Å²) in [6.07, 6.45) is 4.06. The number of hydrazine groups is 1. The van der Waals surface area contributed by atoms with Crippen LogP contribution in [0.15, 0.2) is 15.9 Å². The molecule has 14 heavy (non-hydrogen) atoms. The van der Waals surface area contributed by atoms with Crippen LogP contribution in [-0.2, 0) is 6.54 Å². The first-order valence-corrected chi connectivity index (χ1v) is 6.73. The molecular weight excluding hydrogens is 260 g/mol. The molecule has 2 rings (SSSR count). The Morgan fingerprint density at radius 1 is 1.36 bits per heavy atom. The van der Waals surface area contributed by atoms with E-state index in [0.29, 0.717) is 0 Å². The highest BCUT2D eigenvalue weighted by Gasteiger charge is 2.09. The van der Waals surface area contributed by atoms with E-state index in [4.69, 9.17) is 0 Å². The molecule has 0 bridgehead atoms. The van der Waals surface area contributed by atoms with Gasteiger partial charge in [-0.3, -0.25) is 0 Å². The third-order valence-electron chi connectivity index (χ3n) is 2.45. The van der Waals surface area contributed by atoms with Crippen LogP contribution in [0.4, 0.5) is 0 Å². The minimum atomic E-state index is 0.969. The van der Waals surface area contributed by atoms with Crippen molar-refractivity contribution in [2.45, 2.75) is 25.8 Å². The highest BCUT2D eigenvalue weighted by molar-refractivity contribution is 9.10. The van der Waals surface area contributed by atoms with Gasteiger partial charge in [-0.15, -0.1) is 11.3 Å². The lowest BCUT2D eigenvalue weighted by atomic mass is 10.2. The summed E-state index contributed by atoms with van der Waals surface area (Å²) in [6, 6.07) is 2.18. The Morgan fingerprint density at radius 3 is 2.79 bits per heavy atom. The number of piperidine rings is 1. The lowest BCUT2D eigenvalue weighted by Crippen LogP contribution is -2.40. The molecule has 1 aromatic rings. The van der Waals surface area contributed by atoms with Crippen molar-refractivity contribution in [2.24, 2.45) is 0 Å². The molecule has 0 aromatic carbocycles. The number of hydrogen-bond donors (Lipinski definition) is 1. The van der Waals surface area contributed by atoms with Crippen LogP contribution in [0.2, 0.25) is 0 Å². The molecule has 2 heterocycles. The molecule has 0 atom stereocenters. The molecule has 0 aliphatic carbocycles. The van der Waals surface area contributed by atoms with Crippen molar-refractivity contribution in [3.05, 3.63) is 20.8 Å². The van der Waals surface area contributed by atoms with Gasteiger partial charge >= 0.3 is 0 Å². The zero-order valence-corrected chi connectivity index (χ0v) is 10.5. The maximum Gasteiger partial charge on any atom is 0.0447 e. The zero-order valence-electron chi connectivity index (χ0n) is 8.13. The molecule has 0 radical (unpaired) electrons. The van der Waals surface area contributed by atoms with Gasteiger partial charge < -0.3 is 0 Å². The lowest BCUT2D eigenvalue weighted by molar-refractivity contribution is 0.152. The van der Waals surface area contributed by atoms with Crippen LogP contribution in [0.5, 0.6) is 0 Å². The van der Waals surface area contributed by atoms with Crippen LogP contribution in [-0.4, -0.2) is 18.1 Å². The Bertz CT molecular complexity index is 281. The van der Waals surface area contributed by atoms with Crippen molar-refractivity contribution >= 4 is 27.3 Å². The second-order valence-electron chi connectivity index (χ2n) is 3.61. The van der Waals surface area contributed by atoms with Gasteiger partial charge in [-0.05, 0) is 34.8 Å². The quantitative estimate of drug-likeness (QED) is 0.912. The van der Waals surface area contributed by atoms with Crippen LogP contribution < -0.4 is 5.43 Å². The van der Waals surface area contributed by atoms with E-state index < -0.39 is 0 Å². The van der Waals surface area contributed by atoms with Crippen molar-refractivity contribution in [1.82, 2.24) is 10.4 Å². The molecule has 2 nitrogen and oxygen atoms in total. The topological polar surface area (TPSA) is 15.3 Å². The van der Waals surface area contributed by atoms with E-state index >= 15 is 0 Å². The highest BCUT2D eigenvalue weighted by Crippen LogP contribution is 2.19. The average Bonchev–Trinajstić information content (AvgIpc) is 2.63. The fraction of sp³-hybridized carbons (Fsp3) is 0.600. The van der Waals surface area contributed by atoms with E-state index in [0.717, 1.165) is 6.54 Å². The second kappa shape index (κ2) is 5.26. The fourth-order valence-corrected chi connectivity index (χ4v) is 3.07. The van der Waals surface area contributed by atoms with Gasteiger partial charge in [0.1, 0.15) is 0 Å². The smallest absolute Gasteiger partial charge is 0.0447 e. The summed E-state index contributed by atoms with van der Waals surface area (Å²) in [5.74, 6) is 0. The monoisotopic (exact) mass is 274 g/mol. The highest BCUT2D eigenvalue weighted by atomic mass is 79.9. The minimum absolute atomic E-state index is 0.969. The molecule has 0 spiro atoms. The number of nitrogens with zero attached hydrogens (tertiary/aromatic N) is 1. The summed E-state index contributed by atoms with van der Waals surface area (Å²) in [6.45, 7) is 3.37. The molecule has 1 aliphatic rings. The van der Waals surface area contributed by atoms with E-state index in [-0.39, 0.29) is 0 Å². The van der Waals surface area contributed by atoms with E-state index in [1.54, 1.807) is 11.3 Å². The van der Waals surface area contributed by atoms with Gasteiger partial charge in [-0.1, -0.05) is 6.42 Å². The largest absolute Gasteiger partial charge is 0.250 e. The molecule has 0 unspecified atom stereocenters. The lowest BCUT2D eigenvalue weighted by Gasteiger charge is -2.26. The van der Waals surface area contributed by atoms with Crippen molar-refractivity contribution in [2.75, 3.05) is 13.1 Å². The van der Waals surface area contributed by atoms with Gasteiger partial charge in [0.25, 0.3) is 0 Å². The standard InChI is InChI=1S/C10H15BrN2S/c11-9-6-10(14-8-9)7-12-13-4-2-1-3-5-13/h6,8,12H,1-5,7H2. The molecular formula is C10H15BrN2S. The van der Waals surface area contributed by atoms with Crippen LogP contribution in [0.25, 0.3) is 0 Å². The van der Waals surface area contributed by atoms with Gasteiger partial charge in [-0.25, -0.2) is 10.4 Å². The van der Waals surface area contributed by atoms with Crippen LogP contribution in [0.1, 0.15) is 24.1 Å². The van der Waals surface area contributed by atoms with Crippen LogP contribution >= 0.6 is 27.3 Å². The van der Waals surface area contributed by atoms with Gasteiger partial charge in [0.15, 0.2) is 0 Å². The summed E-state index contributed by atoms with van der Waals surface area (Å²) >= 11 is 5.27. The zero-order chi connectivity index (χ0) is 9.80. The molecule has 0 amide bonds. The minimum Gasteiger partial charge on any atom is -0.250 e. The predicted molar refractivity (Wildman–Crippen MR) is 64.3 cm³/mol. The molecule has 0 saturated carbocycles. The van der Waals surface area contributed by atoms with Gasteiger partial charge in [0, 0.05) is 34.4 Å². The number of halogens is 1. The Balaban J connectivity index is 1.76. The number of thiophene rings is 1. The Labute approximate surface area is 97.4 Å². The van der Waals surface area contributed by atoms with Gasteiger partial charge in [-0.2, -0.15) is 0 Å². The molecule has 78 valence electrons. The average molecular weight is 275 g/mol. The Hall–Kier alpha value is 0.1000. The summed E-state index contributed by atoms with van der Waals surface area (Å²) in [4.78, 5) is 1.39. The summed E-state index contributed by atoms with van der Waals surface area (Å²) in [5, 5.41) is 4.48. The maximum atomic E-state index is 3.47. The molecule has 1 aliphatic heterocycles. The first kappa shape index (κ1) is 10.6. The first-order chi connectivity index (χ1) is 6.84. The molecule has 1 fully saturated rings. The van der Waals surface area contributed by atoms with Crippen molar-refractivity contribution in [3.63, 3.8) is 0 Å². The van der Waals surface area contributed by atoms with E-state index in [9.17, 15) is 0 Å². The van der Waals surface area contributed by atoms with Crippen molar-refractivity contribution in [3.8, 4) is 0 Å². The Kier molecular flexibility index (Phi) is 3.99. The van der Waals surface area contributed by atoms with E-state index in [2.05, 4.69) is 37.8 Å². The Morgan fingerprint density at radius 2 is 2.14 bits per heavy atom. The first-order valence-electron chi connectivity index (χ1n) is 5.06. The van der Waals surface area contributed by atoms with Crippen LogP contribution in [0, 0.1) is 0 Å². The number of nitrogens with one attached hydrogen (secondary N) is 1. The van der Waals surface area contributed by atoms with Crippen molar-refractivity contribution in [1.29, 1.82) is 0 Å². The number of hydrogen-bond acceptors (Lipinski definition) is 3. The van der Waals surface area contributed by atoms with Gasteiger partial charge in [0.05, 0.1) is 0 Å². The van der Waals surface area contributed by atoms with Gasteiger partial charge in [0.2, 0.25) is 0 Å². The number of rotatable bonds is 3. The van der Waals surface area contributed by atoms with Crippen LogP contribution in [0.3, 0.4) is 0 Å². The summed E-state index contributed by atoms with van der Waals surface area (Å²) in [5.41, 5.74) is 3.47. The third kappa shape index (κ3) is 3.05. The maximum absolute atomic E-state index is 3.47. The predicted octanol–water partition coefficient (Wildman–Crippen LogP) is 3.00. The molecule has 1 aromatic heterocycles. The molecule has 1 saturated heterocycles. The van der Waals surface area contributed by atoms with E-state index in [1.165, 1.54) is 41.7 Å². The molecule has 4 heteroatoms. The normalized spacial score (nSPS) is 18.6. The SMILES string of the molecule is Brc1csc(CNN2CCCCC2)c1. The summed E-state index contributed by atoms with van der Waals surface area (Å²) in [7, 11) is 0. The van der Waals surface area contributed by atoms with Crippen molar-refractivity contribution < 1.29 is 0 Å². The molecule has 1 N–H and O–H groups in total. The summed E-state index contributed by atoms with van der Waals surface area (Å²) < 4.78 is 1.19. The fourth-order valence-electron chi connectivity index (χ4n) is 1.69.